The number of halogens is 1. The lowest BCUT2D eigenvalue weighted by Gasteiger charge is -2.12. The number of hydrogen-bond acceptors (Lipinski definition) is 4. The van der Waals surface area contributed by atoms with Crippen LogP contribution in [0.15, 0.2) is 30.5 Å². The van der Waals surface area contributed by atoms with Crippen molar-refractivity contribution < 1.29 is 14.3 Å². The number of rotatable bonds is 4. The SMILES string of the molecule is CC(Nc1ncc(C(=O)O)s1)c1cccc(F)c1. The second-order valence-electron chi connectivity index (χ2n) is 3.76. The first-order chi connectivity index (χ1) is 8.56. The quantitative estimate of drug-likeness (QED) is 0.892. The molecular weight excluding hydrogens is 255 g/mol. The average Bonchev–Trinajstić information content (AvgIpc) is 2.77. The molecule has 1 atom stereocenters. The summed E-state index contributed by atoms with van der Waals surface area (Å²) in [6.45, 7) is 1.86. The van der Waals surface area contributed by atoms with Crippen LogP contribution in [0.2, 0.25) is 0 Å². The van der Waals surface area contributed by atoms with Crippen LogP contribution >= 0.6 is 11.3 Å². The number of nitrogens with one attached hydrogen (secondary N) is 1. The molecule has 94 valence electrons. The first kappa shape index (κ1) is 12.5. The summed E-state index contributed by atoms with van der Waals surface area (Å²) in [7, 11) is 0. The molecule has 0 saturated carbocycles. The number of carboxylic acid groups (broad SMARTS) is 1. The van der Waals surface area contributed by atoms with E-state index in [0.717, 1.165) is 16.9 Å². The molecule has 0 bridgehead atoms. The molecule has 2 aromatic rings. The molecule has 0 spiro atoms. The number of carboxylic acids is 1. The lowest BCUT2D eigenvalue weighted by molar-refractivity contribution is 0.0702. The van der Waals surface area contributed by atoms with Crippen LogP contribution in [0.1, 0.15) is 28.2 Å². The molecule has 4 nitrogen and oxygen atoms in total. The van der Waals surface area contributed by atoms with E-state index in [0.29, 0.717) is 5.13 Å². The van der Waals surface area contributed by atoms with Crippen molar-refractivity contribution >= 4 is 22.4 Å². The van der Waals surface area contributed by atoms with Gasteiger partial charge in [-0.3, -0.25) is 0 Å². The third kappa shape index (κ3) is 2.84. The molecule has 1 aromatic carbocycles. The highest BCUT2D eigenvalue weighted by molar-refractivity contribution is 7.17. The Labute approximate surface area is 107 Å². The fourth-order valence-corrected chi connectivity index (χ4v) is 2.23. The van der Waals surface area contributed by atoms with Gasteiger partial charge in [-0.25, -0.2) is 14.2 Å². The summed E-state index contributed by atoms with van der Waals surface area (Å²) in [5, 5.41) is 12.3. The van der Waals surface area contributed by atoms with E-state index in [-0.39, 0.29) is 16.7 Å². The largest absolute Gasteiger partial charge is 0.477 e. The Morgan fingerprint density at radius 1 is 1.56 bits per heavy atom. The maximum atomic E-state index is 13.1. The Hall–Kier alpha value is -1.95. The predicted molar refractivity (Wildman–Crippen MR) is 67.5 cm³/mol. The van der Waals surface area contributed by atoms with Gasteiger partial charge in [0.2, 0.25) is 0 Å². The van der Waals surface area contributed by atoms with Crippen molar-refractivity contribution in [1.29, 1.82) is 0 Å². The van der Waals surface area contributed by atoms with Crippen LogP contribution in [0, 0.1) is 5.82 Å². The maximum absolute atomic E-state index is 13.1. The van der Waals surface area contributed by atoms with Gasteiger partial charge >= 0.3 is 5.97 Å². The maximum Gasteiger partial charge on any atom is 0.347 e. The predicted octanol–water partition coefficient (Wildman–Crippen LogP) is 3.15. The Morgan fingerprint density at radius 3 is 2.94 bits per heavy atom. The summed E-state index contributed by atoms with van der Waals surface area (Å²) < 4.78 is 13.1. The topological polar surface area (TPSA) is 62.2 Å². The first-order valence-corrected chi connectivity index (χ1v) is 6.09. The Morgan fingerprint density at radius 2 is 2.33 bits per heavy atom. The van der Waals surface area contributed by atoms with E-state index in [1.54, 1.807) is 12.1 Å². The summed E-state index contributed by atoms with van der Waals surface area (Å²) >= 11 is 1.05. The lowest BCUT2D eigenvalue weighted by atomic mass is 10.1. The average molecular weight is 266 g/mol. The van der Waals surface area contributed by atoms with E-state index in [1.165, 1.54) is 18.3 Å². The molecule has 1 heterocycles. The fourth-order valence-electron chi connectivity index (χ4n) is 1.48. The normalized spacial score (nSPS) is 12.1. The van der Waals surface area contributed by atoms with E-state index in [4.69, 9.17) is 5.11 Å². The summed E-state index contributed by atoms with van der Waals surface area (Å²) in [4.78, 5) is 14.8. The monoisotopic (exact) mass is 266 g/mol. The van der Waals surface area contributed by atoms with Crippen LogP contribution < -0.4 is 5.32 Å². The van der Waals surface area contributed by atoms with E-state index in [9.17, 15) is 9.18 Å². The molecule has 1 aromatic heterocycles. The summed E-state index contributed by atoms with van der Waals surface area (Å²) in [5.41, 5.74) is 0.780. The number of nitrogens with zero attached hydrogens (tertiary/aromatic N) is 1. The van der Waals surface area contributed by atoms with Crippen molar-refractivity contribution in [3.63, 3.8) is 0 Å². The van der Waals surface area contributed by atoms with Gasteiger partial charge in [-0.15, -0.1) is 0 Å². The van der Waals surface area contributed by atoms with Gasteiger partial charge in [0, 0.05) is 0 Å². The number of thiazole rings is 1. The molecule has 2 N–H and O–H groups in total. The number of aromatic carboxylic acids is 1. The van der Waals surface area contributed by atoms with Gasteiger partial charge in [0.15, 0.2) is 5.13 Å². The van der Waals surface area contributed by atoms with Gasteiger partial charge in [-0.05, 0) is 24.6 Å². The van der Waals surface area contributed by atoms with Gasteiger partial charge in [0.25, 0.3) is 0 Å². The minimum absolute atomic E-state index is 0.145. The lowest BCUT2D eigenvalue weighted by Crippen LogP contribution is -2.06. The second-order valence-corrected chi connectivity index (χ2v) is 4.79. The van der Waals surface area contributed by atoms with Crippen molar-refractivity contribution in [3.8, 4) is 0 Å². The Bertz CT molecular complexity index is 571. The minimum atomic E-state index is -1.00. The highest BCUT2D eigenvalue weighted by Gasteiger charge is 2.11. The number of carbonyl (C=O) groups is 1. The molecule has 0 aliphatic heterocycles. The zero-order chi connectivity index (χ0) is 13.1. The standard InChI is InChI=1S/C12H11FN2O2S/c1-7(8-3-2-4-9(13)5-8)15-12-14-6-10(18-12)11(16)17/h2-7H,1H3,(H,14,15)(H,16,17). The summed E-state index contributed by atoms with van der Waals surface area (Å²) in [6, 6.07) is 6.10. The van der Waals surface area contributed by atoms with Gasteiger partial charge in [-0.1, -0.05) is 23.5 Å². The number of benzene rings is 1. The molecule has 6 heteroatoms. The smallest absolute Gasteiger partial charge is 0.347 e. The fraction of sp³-hybridized carbons (Fsp3) is 0.167. The Kier molecular flexibility index (Phi) is 3.57. The molecule has 1 unspecified atom stereocenters. The molecule has 2 rings (SSSR count). The van der Waals surface area contributed by atoms with Crippen LogP contribution in [-0.2, 0) is 0 Å². The van der Waals surface area contributed by atoms with Crippen molar-refractivity contribution in [2.24, 2.45) is 0 Å². The molecule has 0 aliphatic rings. The molecule has 0 fully saturated rings. The van der Waals surface area contributed by atoms with E-state index >= 15 is 0 Å². The van der Waals surface area contributed by atoms with Crippen molar-refractivity contribution in [2.75, 3.05) is 5.32 Å². The van der Waals surface area contributed by atoms with E-state index < -0.39 is 5.97 Å². The molecule has 18 heavy (non-hydrogen) atoms. The van der Waals surface area contributed by atoms with Crippen molar-refractivity contribution in [1.82, 2.24) is 4.98 Å². The van der Waals surface area contributed by atoms with E-state index in [1.807, 2.05) is 6.92 Å². The third-order valence-corrected chi connectivity index (χ3v) is 3.32. The summed E-state index contributed by atoms with van der Waals surface area (Å²) in [5.74, 6) is -1.30. The molecular formula is C12H11FN2O2S. The van der Waals surface area contributed by atoms with Gasteiger partial charge in [0.1, 0.15) is 10.7 Å². The van der Waals surface area contributed by atoms with Crippen LogP contribution in [0.25, 0.3) is 0 Å². The highest BCUT2D eigenvalue weighted by atomic mass is 32.1. The summed E-state index contributed by atoms with van der Waals surface area (Å²) in [6.07, 6.45) is 1.30. The van der Waals surface area contributed by atoms with Crippen LogP contribution in [0.5, 0.6) is 0 Å². The minimum Gasteiger partial charge on any atom is -0.477 e. The number of anilines is 1. The van der Waals surface area contributed by atoms with Crippen LogP contribution in [0.4, 0.5) is 9.52 Å². The van der Waals surface area contributed by atoms with Gasteiger partial charge < -0.3 is 10.4 Å². The zero-order valence-electron chi connectivity index (χ0n) is 9.55. The number of aromatic nitrogens is 1. The van der Waals surface area contributed by atoms with Gasteiger partial charge in [-0.2, -0.15) is 0 Å². The molecule has 0 amide bonds. The highest BCUT2D eigenvalue weighted by Crippen LogP contribution is 2.23. The number of hydrogen-bond donors (Lipinski definition) is 2. The molecule has 0 radical (unpaired) electrons. The third-order valence-electron chi connectivity index (χ3n) is 2.41. The van der Waals surface area contributed by atoms with Crippen LogP contribution in [0.3, 0.4) is 0 Å². The van der Waals surface area contributed by atoms with Gasteiger partial charge in [0.05, 0.1) is 12.2 Å². The van der Waals surface area contributed by atoms with Crippen molar-refractivity contribution in [3.05, 3.63) is 46.7 Å². The first-order valence-electron chi connectivity index (χ1n) is 5.27. The van der Waals surface area contributed by atoms with Crippen LogP contribution in [-0.4, -0.2) is 16.1 Å². The second kappa shape index (κ2) is 5.14. The van der Waals surface area contributed by atoms with Crippen molar-refractivity contribution in [2.45, 2.75) is 13.0 Å². The van der Waals surface area contributed by atoms with E-state index in [2.05, 4.69) is 10.3 Å². The zero-order valence-corrected chi connectivity index (χ0v) is 10.4. The molecule has 0 aliphatic carbocycles. The molecule has 0 saturated heterocycles. The Balaban J connectivity index is 2.11.